The molecule has 2 unspecified atom stereocenters. The second kappa shape index (κ2) is 10.3. The zero-order valence-electron chi connectivity index (χ0n) is 22.3. The smallest absolute Gasteiger partial charge is 0.258 e. The van der Waals surface area contributed by atoms with Crippen LogP contribution in [0.3, 0.4) is 0 Å². The van der Waals surface area contributed by atoms with Crippen LogP contribution >= 0.6 is 0 Å². The fourth-order valence-electron chi connectivity index (χ4n) is 5.13. The molecule has 3 N–H and O–H groups in total. The predicted octanol–water partition coefficient (Wildman–Crippen LogP) is 4.79. The van der Waals surface area contributed by atoms with Gasteiger partial charge in [-0.15, -0.1) is 0 Å². The molecule has 6 rings (SSSR count). The zero-order valence-corrected chi connectivity index (χ0v) is 22.3. The lowest BCUT2D eigenvalue weighted by Gasteiger charge is -2.40. The van der Waals surface area contributed by atoms with E-state index in [1.165, 1.54) is 0 Å². The highest BCUT2D eigenvalue weighted by atomic mass is 19.1. The number of imidazole rings is 1. The van der Waals surface area contributed by atoms with E-state index in [2.05, 4.69) is 63.4 Å². The highest BCUT2D eigenvalue weighted by molar-refractivity contribution is 6.05. The number of aromatic amines is 2. The molecule has 9 nitrogen and oxygen atoms in total. The molecule has 1 aliphatic heterocycles. The van der Waals surface area contributed by atoms with Gasteiger partial charge in [-0.2, -0.15) is 5.10 Å². The van der Waals surface area contributed by atoms with Crippen LogP contribution in [-0.4, -0.2) is 76.9 Å². The first-order valence-corrected chi connectivity index (χ1v) is 13.0. The minimum atomic E-state index is -0.924. The van der Waals surface area contributed by atoms with Crippen molar-refractivity contribution in [3.63, 3.8) is 0 Å². The highest BCUT2D eigenvalue weighted by Crippen LogP contribution is 2.31. The van der Waals surface area contributed by atoms with Gasteiger partial charge in [-0.3, -0.25) is 9.89 Å². The Bertz CT molecular complexity index is 1710. The van der Waals surface area contributed by atoms with Crippen molar-refractivity contribution in [1.82, 2.24) is 25.1 Å². The number of anilines is 2. The predicted molar refractivity (Wildman–Crippen MR) is 151 cm³/mol. The largest absolute Gasteiger partial charge is 0.373 e. The fraction of sp³-hybridized carbons (Fsp3) is 0.276. The van der Waals surface area contributed by atoms with Gasteiger partial charge in [0.05, 0.1) is 34.8 Å². The number of halogens is 2. The van der Waals surface area contributed by atoms with Crippen molar-refractivity contribution in [3.8, 4) is 11.5 Å². The number of hydrogen-bond donors (Lipinski definition) is 3. The average molecular weight is 546 g/mol. The fourth-order valence-corrected chi connectivity index (χ4v) is 5.13. The van der Waals surface area contributed by atoms with Crippen LogP contribution in [0, 0.1) is 11.6 Å². The van der Waals surface area contributed by atoms with Crippen molar-refractivity contribution in [2.75, 3.05) is 44.0 Å². The minimum Gasteiger partial charge on any atom is -0.373 e. The summed E-state index contributed by atoms with van der Waals surface area (Å²) in [5, 5.41) is 10.9. The Morgan fingerprint density at radius 3 is 2.77 bits per heavy atom. The number of rotatable bonds is 6. The maximum Gasteiger partial charge on any atom is 0.258 e. The molecule has 1 aliphatic rings. The second-order valence-electron chi connectivity index (χ2n) is 10.4. The molecular weight excluding hydrogens is 516 g/mol. The van der Waals surface area contributed by atoms with Crippen molar-refractivity contribution in [2.45, 2.75) is 19.1 Å². The Morgan fingerprint density at radius 2 is 1.98 bits per heavy atom. The van der Waals surface area contributed by atoms with Crippen molar-refractivity contribution < 1.29 is 18.3 Å². The molecule has 206 valence electrons. The van der Waals surface area contributed by atoms with E-state index < -0.39 is 17.5 Å². The van der Waals surface area contributed by atoms with E-state index in [1.54, 1.807) is 12.1 Å². The molecule has 11 heteroatoms. The third-order valence-electron chi connectivity index (χ3n) is 7.09. The average Bonchev–Trinajstić information content (AvgIpc) is 3.52. The summed E-state index contributed by atoms with van der Waals surface area (Å²) < 4.78 is 33.2. The summed E-state index contributed by atoms with van der Waals surface area (Å²) in [6.07, 6.45) is 0.138. The van der Waals surface area contributed by atoms with E-state index in [-0.39, 0.29) is 17.7 Å². The number of aromatic nitrogens is 4. The Morgan fingerprint density at radius 1 is 1.12 bits per heavy atom. The van der Waals surface area contributed by atoms with Gasteiger partial charge in [0.25, 0.3) is 5.91 Å². The molecule has 0 radical (unpaired) electrons. The van der Waals surface area contributed by atoms with Gasteiger partial charge >= 0.3 is 0 Å². The van der Waals surface area contributed by atoms with Crippen molar-refractivity contribution in [3.05, 3.63) is 71.8 Å². The van der Waals surface area contributed by atoms with Gasteiger partial charge in [0, 0.05) is 42.0 Å². The van der Waals surface area contributed by atoms with Gasteiger partial charge in [0.15, 0.2) is 5.82 Å². The molecule has 1 fully saturated rings. The van der Waals surface area contributed by atoms with E-state index in [9.17, 15) is 13.6 Å². The molecule has 1 amide bonds. The highest BCUT2D eigenvalue weighted by Gasteiger charge is 2.27. The molecule has 3 aromatic carbocycles. The van der Waals surface area contributed by atoms with Gasteiger partial charge in [0.1, 0.15) is 17.3 Å². The Labute approximate surface area is 229 Å². The number of H-pyrrole nitrogens is 2. The summed E-state index contributed by atoms with van der Waals surface area (Å²) >= 11 is 0. The molecule has 0 aliphatic carbocycles. The standard InChI is InChI=1S/C29H29F2N7O2/c1-16-15-40-20(13-37(2)3)14-38(16)19-6-9-24-26(12-19)34-28(33-24)27-22-8-5-18(11-25(22)35-36-27)32-29(39)21-7-4-17(30)10-23(21)31/h4-12,16,20H,13-15H2,1-3H3,(H,32,39)(H,33,34)(H,35,36). The summed E-state index contributed by atoms with van der Waals surface area (Å²) in [6.45, 7) is 4.51. The lowest BCUT2D eigenvalue weighted by atomic mass is 10.1. The number of nitrogens with one attached hydrogen (secondary N) is 3. The van der Waals surface area contributed by atoms with Crippen LogP contribution in [0.2, 0.25) is 0 Å². The third kappa shape index (κ3) is 5.01. The summed E-state index contributed by atoms with van der Waals surface area (Å²) in [6, 6.07) is 14.5. The summed E-state index contributed by atoms with van der Waals surface area (Å²) in [7, 11) is 4.10. The number of fused-ring (bicyclic) bond motifs is 2. The number of hydrogen-bond acceptors (Lipinski definition) is 6. The van der Waals surface area contributed by atoms with Crippen LogP contribution in [0.25, 0.3) is 33.5 Å². The van der Waals surface area contributed by atoms with Crippen molar-refractivity contribution >= 4 is 39.2 Å². The molecule has 2 atom stereocenters. The monoisotopic (exact) mass is 545 g/mol. The maximum atomic E-state index is 14.0. The third-order valence-corrected chi connectivity index (χ3v) is 7.09. The topological polar surface area (TPSA) is 102 Å². The van der Waals surface area contributed by atoms with Crippen LogP contribution in [0.5, 0.6) is 0 Å². The van der Waals surface area contributed by atoms with E-state index in [0.29, 0.717) is 35.4 Å². The van der Waals surface area contributed by atoms with Crippen LogP contribution in [0.1, 0.15) is 17.3 Å². The van der Waals surface area contributed by atoms with Crippen molar-refractivity contribution in [2.24, 2.45) is 0 Å². The zero-order chi connectivity index (χ0) is 28.0. The molecule has 2 aromatic heterocycles. The quantitative estimate of drug-likeness (QED) is 0.284. The van der Waals surface area contributed by atoms with Crippen LogP contribution in [-0.2, 0) is 4.74 Å². The first-order chi connectivity index (χ1) is 19.2. The van der Waals surface area contributed by atoms with Crippen LogP contribution in [0.15, 0.2) is 54.6 Å². The van der Waals surface area contributed by atoms with Gasteiger partial charge in [-0.05, 0) is 69.6 Å². The van der Waals surface area contributed by atoms with E-state index >= 15 is 0 Å². The van der Waals surface area contributed by atoms with Gasteiger partial charge < -0.3 is 24.8 Å². The lowest BCUT2D eigenvalue weighted by Crippen LogP contribution is -2.51. The molecule has 0 saturated carbocycles. The van der Waals surface area contributed by atoms with Crippen LogP contribution < -0.4 is 10.2 Å². The second-order valence-corrected chi connectivity index (χ2v) is 10.4. The molecule has 0 spiro atoms. The normalized spacial score (nSPS) is 17.7. The minimum absolute atomic E-state index is 0.138. The first kappa shape index (κ1) is 25.9. The van der Waals surface area contributed by atoms with Gasteiger partial charge in [-0.1, -0.05) is 0 Å². The number of likely N-dealkylation sites (N-methyl/N-ethyl adjacent to an activating group) is 1. The lowest BCUT2D eigenvalue weighted by molar-refractivity contribution is 0.00880. The maximum absolute atomic E-state index is 14.0. The van der Waals surface area contributed by atoms with Crippen LogP contribution in [0.4, 0.5) is 20.2 Å². The molecule has 0 bridgehead atoms. The summed E-state index contributed by atoms with van der Waals surface area (Å²) in [5.74, 6) is -1.73. The van der Waals surface area contributed by atoms with E-state index in [0.717, 1.165) is 47.3 Å². The number of benzene rings is 3. The molecular formula is C29H29F2N7O2. The summed E-state index contributed by atoms with van der Waals surface area (Å²) in [5.41, 5.74) is 4.34. The number of morpholine rings is 1. The Hall–Kier alpha value is -4.35. The SMILES string of the molecule is CC1COC(CN(C)C)CN1c1ccc2nc(-c3n[nH]c4cc(NC(=O)c5ccc(F)cc5F)ccc34)[nH]c2c1. The van der Waals surface area contributed by atoms with Gasteiger partial charge in [0.2, 0.25) is 0 Å². The van der Waals surface area contributed by atoms with Gasteiger partial charge in [-0.25, -0.2) is 13.8 Å². The number of carbonyl (C=O) groups is 1. The molecule has 1 saturated heterocycles. The molecule has 3 heterocycles. The van der Waals surface area contributed by atoms with E-state index in [1.807, 2.05) is 12.1 Å². The number of ether oxygens (including phenoxy) is 1. The Kier molecular flexibility index (Phi) is 6.68. The molecule has 40 heavy (non-hydrogen) atoms. The molecule has 5 aromatic rings. The van der Waals surface area contributed by atoms with Crippen molar-refractivity contribution in [1.29, 1.82) is 0 Å². The van der Waals surface area contributed by atoms with E-state index in [4.69, 9.17) is 9.72 Å². The number of carbonyl (C=O) groups excluding carboxylic acids is 1. The first-order valence-electron chi connectivity index (χ1n) is 13.0. The Balaban J connectivity index is 1.24. The summed E-state index contributed by atoms with van der Waals surface area (Å²) in [4.78, 5) is 25.2. The number of nitrogens with zero attached hydrogens (tertiary/aromatic N) is 4. The number of amides is 1.